The largest absolute Gasteiger partial charge is 0.264 e. The standard InChI is InChI=1S/C13H16N2O2S/c1-3-10(2)15-18(16,17)13-6-4-5-11-9-14-8-7-12(11)13/h4-10,15H,3H2,1-2H3. The highest BCUT2D eigenvalue weighted by Crippen LogP contribution is 2.22. The van der Waals surface area contributed by atoms with Gasteiger partial charge in [0.05, 0.1) is 4.90 Å². The minimum absolute atomic E-state index is 0.0768. The molecule has 1 N–H and O–H groups in total. The van der Waals surface area contributed by atoms with Gasteiger partial charge in [-0.05, 0) is 25.5 Å². The molecule has 0 aliphatic rings. The quantitative estimate of drug-likeness (QED) is 0.922. The SMILES string of the molecule is CCC(C)NS(=O)(=O)c1cccc2cnccc12. The summed E-state index contributed by atoms with van der Waals surface area (Å²) in [5.74, 6) is 0. The van der Waals surface area contributed by atoms with Gasteiger partial charge in [-0.1, -0.05) is 19.1 Å². The van der Waals surface area contributed by atoms with E-state index in [2.05, 4.69) is 9.71 Å². The second-order valence-electron chi connectivity index (χ2n) is 4.28. The second kappa shape index (κ2) is 5.04. The monoisotopic (exact) mass is 264 g/mol. The number of sulfonamides is 1. The van der Waals surface area contributed by atoms with Crippen molar-refractivity contribution in [2.45, 2.75) is 31.2 Å². The normalized spacial score (nSPS) is 13.7. The van der Waals surface area contributed by atoms with Crippen LogP contribution in [0.2, 0.25) is 0 Å². The van der Waals surface area contributed by atoms with Crippen molar-refractivity contribution in [3.05, 3.63) is 36.7 Å². The lowest BCUT2D eigenvalue weighted by Gasteiger charge is -2.13. The topological polar surface area (TPSA) is 59.1 Å². The van der Waals surface area contributed by atoms with Gasteiger partial charge in [-0.25, -0.2) is 13.1 Å². The van der Waals surface area contributed by atoms with Crippen molar-refractivity contribution in [1.82, 2.24) is 9.71 Å². The van der Waals surface area contributed by atoms with E-state index >= 15 is 0 Å². The van der Waals surface area contributed by atoms with E-state index in [4.69, 9.17) is 0 Å². The summed E-state index contributed by atoms with van der Waals surface area (Å²) in [5, 5.41) is 1.52. The predicted molar refractivity (Wildman–Crippen MR) is 71.8 cm³/mol. The Hall–Kier alpha value is -1.46. The van der Waals surface area contributed by atoms with Gasteiger partial charge in [0.15, 0.2) is 0 Å². The Morgan fingerprint density at radius 3 is 2.83 bits per heavy atom. The molecule has 2 rings (SSSR count). The van der Waals surface area contributed by atoms with E-state index in [-0.39, 0.29) is 6.04 Å². The number of hydrogen-bond acceptors (Lipinski definition) is 3. The van der Waals surface area contributed by atoms with Gasteiger partial charge in [-0.2, -0.15) is 0 Å². The molecule has 1 unspecified atom stereocenters. The Kier molecular flexibility index (Phi) is 3.63. The van der Waals surface area contributed by atoms with Crippen LogP contribution >= 0.6 is 0 Å². The molecule has 1 atom stereocenters. The lowest BCUT2D eigenvalue weighted by Crippen LogP contribution is -2.32. The summed E-state index contributed by atoms with van der Waals surface area (Å²) in [6.07, 6.45) is 4.02. The molecule has 0 spiro atoms. The van der Waals surface area contributed by atoms with E-state index in [1.807, 2.05) is 19.9 Å². The lowest BCUT2D eigenvalue weighted by atomic mass is 10.2. The summed E-state index contributed by atoms with van der Waals surface area (Å²) in [6.45, 7) is 3.80. The van der Waals surface area contributed by atoms with Crippen LogP contribution in [0.3, 0.4) is 0 Å². The maximum absolute atomic E-state index is 12.3. The van der Waals surface area contributed by atoms with Gasteiger partial charge in [0.2, 0.25) is 10.0 Å². The summed E-state index contributed by atoms with van der Waals surface area (Å²) in [6, 6.07) is 6.85. The van der Waals surface area contributed by atoms with Crippen molar-refractivity contribution >= 4 is 20.8 Å². The van der Waals surface area contributed by atoms with Crippen molar-refractivity contribution in [1.29, 1.82) is 0 Å². The number of hydrogen-bond donors (Lipinski definition) is 1. The molecule has 96 valence electrons. The molecule has 1 heterocycles. The zero-order valence-corrected chi connectivity index (χ0v) is 11.2. The van der Waals surface area contributed by atoms with E-state index in [0.717, 1.165) is 11.8 Å². The van der Waals surface area contributed by atoms with Gasteiger partial charge in [0.1, 0.15) is 0 Å². The minimum atomic E-state index is -3.48. The second-order valence-corrected chi connectivity index (χ2v) is 5.97. The van der Waals surface area contributed by atoms with Gasteiger partial charge in [0, 0.05) is 29.2 Å². The van der Waals surface area contributed by atoms with Crippen molar-refractivity contribution in [2.24, 2.45) is 0 Å². The Labute approximate surface area is 107 Å². The molecule has 5 heteroatoms. The van der Waals surface area contributed by atoms with Crippen molar-refractivity contribution in [3.63, 3.8) is 0 Å². The van der Waals surface area contributed by atoms with E-state index < -0.39 is 10.0 Å². The first kappa shape index (κ1) is 13.0. The molecule has 1 aromatic heterocycles. The third-order valence-corrected chi connectivity index (χ3v) is 4.55. The maximum atomic E-state index is 12.3. The molecule has 18 heavy (non-hydrogen) atoms. The molecule has 0 bridgehead atoms. The fourth-order valence-corrected chi connectivity index (χ4v) is 3.30. The highest BCUT2D eigenvalue weighted by molar-refractivity contribution is 7.89. The van der Waals surface area contributed by atoms with E-state index in [1.54, 1.807) is 30.6 Å². The molecule has 0 radical (unpaired) electrons. The number of fused-ring (bicyclic) bond motifs is 1. The Morgan fingerprint density at radius 2 is 2.11 bits per heavy atom. The molecule has 0 aliphatic heterocycles. The van der Waals surface area contributed by atoms with Gasteiger partial charge < -0.3 is 0 Å². The molecule has 4 nitrogen and oxygen atoms in total. The van der Waals surface area contributed by atoms with E-state index in [0.29, 0.717) is 10.3 Å². The molecule has 2 aromatic rings. The van der Waals surface area contributed by atoms with Crippen LogP contribution in [0.5, 0.6) is 0 Å². The van der Waals surface area contributed by atoms with Crippen LogP contribution in [0.15, 0.2) is 41.6 Å². The van der Waals surface area contributed by atoms with Crippen molar-refractivity contribution in [3.8, 4) is 0 Å². The zero-order valence-electron chi connectivity index (χ0n) is 10.4. The average molecular weight is 264 g/mol. The highest BCUT2D eigenvalue weighted by Gasteiger charge is 2.18. The first-order chi connectivity index (χ1) is 8.54. The summed E-state index contributed by atoms with van der Waals surface area (Å²) in [7, 11) is -3.48. The number of pyridine rings is 1. The molecule has 0 amide bonds. The van der Waals surface area contributed by atoms with E-state index in [9.17, 15) is 8.42 Å². The average Bonchev–Trinajstić information content (AvgIpc) is 2.37. The van der Waals surface area contributed by atoms with Crippen LogP contribution in [-0.2, 0) is 10.0 Å². The first-order valence-electron chi connectivity index (χ1n) is 5.89. The number of aromatic nitrogens is 1. The molecule has 1 aromatic carbocycles. The van der Waals surface area contributed by atoms with Crippen LogP contribution in [0.25, 0.3) is 10.8 Å². The Balaban J connectivity index is 2.54. The Morgan fingerprint density at radius 1 is 1.33 bits per heavy atom. The summed E-state index contributed by atoms with van der Waals surface area (Å²) in [5.41, 5.74) is 0. The maximum Gasteiger partial charge on any atom is 0.241 e. The van der Waals surface area contributed by atoms with E-state index in [1.165, 1.54) is 0 Å². The van der Waals surface area contributed by atoms with Gasteiger partial charge in [-0.3, -0.25) is 4.98 Å². The number of rotatable bonds is 4. The number of nitrogens with zero attached hydrogens (tertiary/aromatic N) is 1. The van der Waals surface area contributed by atoms with Crippen LogP contribution in [0.1, 0.15) is 20.3 Å². The number of benzene rings is 1. The lowest BCUT2D eigenvalue weighted by molar-refractivity contribution is 0.556. The Bertz CT molecular complexity index is 648. The highest BCUT2D eigenvalue weighted by atomic mass is 32.2. The third kappa shape index (κ3) is 2.52. The molecular formula is C13H16N2O2S. The molecular weight excluding hydrogens is 248 g/mol. The fraction of sp³-hybridized carbons (Fsp3) is 0.308. The first-order valence-corrected chi connectivity index (χ1v) is 7.38. The van der Waals surface area contributed by atoms with Gasteiger partial charge >= 0.3 is 0 Å². The van der Waals surface area contributed by atoms with Crippen LogP contribution < -0.4 is 4.72 Å². The van der Waals surface area contributed by atoms with Gasteiger partial charge in [0.25, 0.3) is 0 Å². The molecule has 0 saturated heterocycles. The van der Waals surface area contributed by atoms with Crippen LogP contribution in [0, 0.1) is 0 Å². The summed E-state index contributed by atoms with van der Waals surface area (Å²) < 4.78 is 27.2. The molecule has 0 fully saturated rings. The predicted octanol–water partition coefficient (Wildman–Crippen LogP) is 2.31. The van der Waals surface area contributed by atoms with Crippen molar-refractivity contribution in [2.75, 3.05) is 0 Å². The third-order valence-electron chi connectivity index (χ3n) is 2.90. The van der Waals surface area contributed by atoms with Crippen molar-refractivity contribution < 1.29 is 8.42 Å². The molecule has 0 saturated carbocycles. The molecule has 0 aliphatic carbocycles. The minimum Gasteiger partial charge on any atom is -0.264 e. The zero-order chi connectivity index (χ0) is 13.2. The van der Waals surface area contributed by atoms with Gasteiger partial charge in [-0.15, -0.1) is 0 Å². The summed E-state index contributed by atoms with van der Waals surface area (Å²) >= 11 is 0. The van der Waals surface area contributed by atoms with Crippen LogP contribution in [-0.4, -0.2) is 19.4 Å². The smallest absolute Gasteiger partial charge is 0.241 e. The summed E-state index contributed by atoms with van der Waals surface area (Å²) in [4.78, 5) is 4.31. The van der Waals surface area contributed by atoms with Crippen LogP contribution in [0.4, 0.5) is 0 Å². The fourth-order valence-electron chi connectivity index (χ4n) is 1.74. The number of nitrogens with one attached hydrogen (secondary N) is 1.